The molecule has 1 aliphatic carbocycles. The van der Waals surface area contributed by atoms with Crippen molar-refractivity contribution in [2.75, 3.05) is 13.7 Å². The molecule has 1 saturated carbocycles. The molecular weight excluding hydrogens is 262 g/mol. The highest BCUT2D eigenvalue weighted by Gasteiger charge is 2.53. The Balaban J connectivity index is 1.99. The Hall–Kier alpha value is -2.08. The first kappa shape index (κ1) is 14.3. The van der Waals surface area contributed by atoms with E-state index in [4.69, 9.17) is 14.6 Å². The van der Waals surface area contributed by atoms with Gasteiger partial charge in [0.2, 0.25) is 0 Å². The summed E-state index contributed by atoms with van der Waals surface area (Å²) in [7, 11) is 1.38. The quantitative estimate of drug-likeness (QED) is 0.771. The van der Waals surface area contributed by atoms with Gasteiger partial charge in [0, 0.05) is 20.0 Å². The Morgan fingerprint density at radius 2 is 2.00 bits per heavy atom. The number of hydrogen-bond donors (Lipinski definition) is 2. The third kappa shape index (κ3) is 3.27. The van der Waals surface area contributed by atoms with Crippen LogP contribution in [0.25, 0.3) is 0 Å². The largest absolute Gasteiger partial charge is 0.480 e. The van der Waals surface area contributed by atoms with Crippen LogP contribution in [0.2, 0.25) is 0 Å². The van der Waals surface area contributed by atoms with E-state index in [2.05, 4.69) is 5.32 Å². The molecular formula is C14H17NO5. The van der Waals surface area contributed by atoms with Crippen molar-refractivity contribution in [2.45, 2.75) is 24.5 Å². The number of carbonyl (C=O) groups is 2. The number of nitrogens with one attached hydrogen (secondary N) is 1. The summed E-state index contributed by atoms with van der Waals surface area (Å²) in [5.74, 6) is -0.944. The zero-order chi connectivity index (χ0) is 14.6. The number of para-hydroxylation sites is 1. The van der Waals surface area contributed by atoms with E-state index in [-0.39, 0.29) is 6.61 Å². The Labute approximate surface area is 116 Å². The van der Waals surface area contributed by atoms with E-state index in [1.54, 1.807) is 12.1 Å². The molecule has 0 saturated heterocycles. The highest BCUT2D eigenvalue weighted by Crippen LogP contribution is 2.40. The van der Waals surface area contributed by atoms with Gasteiger partial charge < -0.3 is 19.9 Å². The fraction of sp³-hybridized carbons (Fsp3) is 0.429. The minimum absolute atomic E-state index is 0.0809. The molecule has 1 aromatic rings. The van der Waals surface area contributed by atoms with Crippen molar-refractivity contribution >= 4 is 11.9 Å². The molecule has 1 amide bonds. The van der Waals surface area contributed by atoms with E-state index in [1.165, 1.54) is 7.11 Å². The maximum Gasteiger partial charge on any atom is 0.328 e. The highest BCUT2D eigenvalue weighted by atomic mass is 16.5. The third-order valence-corrected chi connectivity index (χ3v) is 3.11. The lowest BCUT2D eigenvalue weighted by Gasteiger charge is -2.20. The van der Waals surface area contributed by atoms with Crippen molar-refractivity contribution < 1.29 is 24.2 Å². The highest BCUT2D eigenvalue weighted by molar-refractivity contribution is 5.91. The number of methoxy groups -OCH3 is 1. The summed E-state index contributed by atoms with van der Waals surface area (Å²) in [6.07, 6.45) is 1.15. The molecule has 0 aromatic heterocycles. The van der Waals surface area contributed by atoms with E-state index in [0.717, 1.165) is 0 Å². The van der Waals surface area contributed by atoms with E-state index in [9.17, 15) is 9.59 Å². The topological polar surface area (TPSA) is 84.9 Å². The van der Waals surface area contributed by atoms with Crippen molar-refractivity contribution in [2.24, 2.45) is 0 Å². The third-order valence-electron chi connectivity index (χ3n) is 3.11. The molecule has 0 bridgehead atoms. The SMILES string of the molecule is COCC(NC(=O)C1(Oc2ccccc2)CC1)C(=O)O. The summed E-state index contributed by atoms with van der Waals surface area (Å²) in [5.41, 5.74) is -0.942. The molecule has 0 aliphatic heterocycles. The van der Waals surface area contributed by atoms with E-state index < -0.39 is 23.5 Å². The molecule has 1 aromatic carbocycles. The van der Waals surface area contributed by atoms with Crippen molar-refractivity contribution in [3.05, 3.63) is 30.3 Å². The Morgan fingerprint density at radius 3 is 2.50 bits per heavy atom. The van der Waals surface area contributed by atoms with Crippen LogP contribution >= 0.6 is 0 Å². The average molecular weight is 279 g/mol. The van der Waals surface area contributed by atoms with Gasteiger partial charge in [-0.15, -0.1) is 0 Å². The molecule has 1 atom stereocenters. The number of hydrogen-bond acceptors (Lipinski definition) is 4. The Bertz CT molecular complexity index is 484. The first-order chi connectivity index (χ1) is 9.57. The summed E-state index contributed by atoms with van der Waals surface area (Å²) < 4.78 is 10.5. The summed E-state index contributed by atoms with van der Waals surface area (Å²) in [6.45, 7) is -0.0809. The van der Waals surface area contributed by atoms with Gasteiger partial charge in [0.15, 0.2) is 11.6 Å². The smallest absolute Gasteiger partial charge is 0.328 e. The summed E-state index contributed by atoms with van der Waals surface area (Å²) in [6, 6.07) is 7.94. The van der Waals surface area contributed by atoms with Gasteiger partial charge in [-0.1, -0.05) is 18.2 Å². The molecule has 2 rings (SSSR count). The van der Waals surface area contributed by atoms with Crippen LogP contribution in [-0.4, -0.2) is 42.3 Å². The first-order valence-electron chi connectivity index (χ1n) is 6.34. The van der Waals surface area contributed by atoms with E-state index in [0.29, 0.717) is 18.6 Å². The Morgan fingerprint density at radius 1 is 1.35 bits per heavy atom. The molecule has 0 heterocycles. The number of carbonyl (C=O) groups excluding carboxylic acids is 1. The van der Waals surface area contributed by atoms with Gasteiger partial charge in [-0.05, 0) is 12.1 Å². The second-order valence-corrected chi connectivity index (χ2v) is 4.73. The fourth-order valence-corrected chi connectivity index (χ4v) is 1.83. The van der Waals surface area contributed by atoms with E-state index in [1.807, 2.05) is 18.2 Å². The lowest BCUT2D eigenvalue weighted by molar-refractivity contribution is -0.145. The zero-order valence-corrected chi connectivity index (χ0v) is 11.2. The van der Waals surface area contributed by atoms with Gasteiger partial charge in [-0.2, -0.15) is 0 Å². The average Bonchev–Trinajstić information content (AvgIpc) is 3.20. The van der Waals surface area contributed by atoms with Crippen molar-refractivity contribution in [1.82, 2.24) is 5.32 Å². The second kappa shape index (κ2) is 5.92. The van der Waals surface area contributed by atoms with Gasteiger partial charge in [0.1, 0.15) is 5.75 Å². The maximum absolute atomic E-state index is 12.2. The normalized spacial score (nSPS) is 17.1. The Kier molecular flexibility index (Phi) is 4.24. The predicted octanol–water partition coefficient (Wildman–Crippen LogP) is 0.814. The standard InChI is InChI=1S/C14H17NO5/c1-19-9-11(12(16)17)15-13(18)14(7-8-14)20-10-5-3-2-4-6-10/h2-6,11H,7-9H2,1H3,(H,15,18)(H,16,17). The monoisotopic (exact) mass is 279 g/mol. The molecule has 1 aliphatic rings. The number of carboxylic acid groups (broad SMARTS) is 1. The summed E-state index contributed by atoms with van der Waals surface area (Å²) >= 11 is 0. The number of amides is 1. The van der Waals surface area contributed by atoms with E-state index >= 15 is 0 Å². The van der Waals surface area contributed by atoms with Crippen LogP contribution in [0.3, 0.4) is 0 Å². The van der Waals surface area contributed by atoms with Crippen LogP contribution in [0.1, 0.15) is 12.8 Å². The number of benzene rings is 1. The molecule has 20 heavy (non-hydrogen) atoms. The van der Waals surface area contributed by atoms with Crippen LogP contribution in [0.4, 0.5) is 0 Å². The maximum atomic E-state index is 12.2. The van der Waals surface area contributed by atoms with Crippen LogP contribution in [0.15, 0.2) is 30.3 Å². The number of aliphatic carboxylic acids is 1. The second-order valence-electron chi connectivity index (χ2n) is 4.73. The predicted molar refractivity (Wildman–Crippen MR) is 70.5 cm³/mol. The van der Waals surface area contributed by atoms with Crippen LogP contribution < -0.4 is 10.1 Å². The molecule has 2 N–H and O–H groups in total. The number of rotatable bonds is 7. The molecule has 1 unspecified atom stereocenters. The first-order valence-corrected chi connectivity index (χ1v) is 6.34. The van der Waals surface area contributed by atoms with Crippen LogP contribution in [0, 0.1) is 0 Å². The van der Waals surface area contributed by atoms with Crippen molar-refractivity contribution in [3.8, 4) is 5.75 Å². The van der Waals surface area contributed by atoms with Crippen molar-refractivity contribution in [3.63, 3.8) is 0 Å². The molecule has 6 nitrogen and oxygen atoms in total. The lowest BCUT2D eigenvalue weighted by atomic mass is 10.2. The minimum atomic E-state index is -1.13. The van der Waals surface area contributed by atoms with Crippen LogP contribution in [-0.2, 0) is 14.3 Å². The van der Waals surface area contributed by atoms with Crippen molar-refractivity contribution in [1.29, 1.82) is 0 Å². The molecule has 108 valence electrons. The molecule has 0 spiro atoms. The molecule has 6 heteroatoms. The fourth-order valence-electron chi connectivity index (χ4n) is 1.83. The van der Waals surface area contributed by atoms with Gasteiger partial charge in [0.05, 0.1) is 6.61 Å². The minimum Gasteiger partial charge on any atom is -0.480 e. The molecule has 1 fully saturated rings. The van der Waals surface area contributed by atoms with Gasteiger partial charge in [-0.3, -0.25) is 4.79 Å². The number of ether oxygens (including phenoxy) is 2. The van der Waals surface area contributed by atoms with Gasteiger partial charge in [0.25, 0.3) is 5.91 Å². The summed E-state index contributed by atoms with van der Waals surface area (Å²) in [4.78, 5) is 23.2. The number of carboxylic acids is 1. The molecule has 0 radical (unpaired) electrons. The summed E-state index contributed by atoms with van der Waals surface area (Å²) in [5, 5.41) is 11.4. The van der Waals surface area contributed by atoms with Gasteiger partial charge >= 0.3 is 5.97 Å². The van der Waals surface area contributed by atoms with Crippen LogP contribution in [0.5, 0.6) is 5.75 Å². The van der Waals surface area contributed by atoms with Gasteiger partial charge in [-0.25, -0.2) is 4.79 Å². The lowest BCUT2D eigenvalue weighted by Crippen LogP contribution is -2.50. The zero-order valence-electron chi connectivity index (χ0n) is 11.2.